The van der Waals surface area contributed by atoms with E-state index in [1.165, 1.54) is 6.42 Å². The largest absolute Gasteiger partial charge is 0.458 e. The minimum atomic E-state index is -0.0879. The lowest BCUT2D eigenvalue weighted by molar-refractivity contribution is 0.133. The first-order valence-corrected chi connectivity index (χ1v) is 7.25. The molecule has 2 nitrogen and oxygen atoms in total. The second kappa shape index (κ2) is 4.26. The Morgan fingerprint density at radius 1 is 1.32 bits per heavy atom. The van der Waals surface area contributed by atoms with Crippen LogP contribution in [0.4, 0.5) is 0 Å². The zero-order valence-corrected chi connectivity index (χ0v) is 12.5. The molecule has 19 heavy (non-hydrogen) atoms. The predicted octanol–water partition coefficient (Wildman–Crippen LogP) is 4.71. The lowest BCUT2D eigenvalue weighted by Crippen LogP contribution is -2.47. The summed E-state index contributed by atoms with van der Waals surface area (Å²) in [4.78, 5) is 0. The highest BCUT2D eigenvalue weighted by molar-refractivity contribution is 6.34. The van der Waals surface area contributed by atoms with Crippen LogP contribution in [-0.4, -0.2) is 6.54 Å². The summed E-state index contributed by atoms with van der Waals surface area (Å²) >= 11 is 6.22. The van der Waals surface area contributed by atoms with Gasteiger partial charge in [-0.05, 0) is 36.9 Å². The first-order valence-electron chi connectivity index (χ1n) is 6.88. The molecule has 0 amide bonds. The van der Waals surface area contributed by atoms with Crippen molar-refractivity contribution in [2.75, 3.05) is 6.54 Å². The quantitative estimate of drug-likeness (QED) is 0.816. The molecule has 1 aromatic heterocycles. The fraction of sp³-hybridized carbons (Fsp3) is 0.500. The summed E-state index contributed by atoms with van der Waals surface area (Å²) in [6.45, 7) is 7.84. The summed E-state index contributed by atoms with van der Waals surface area (Å²) in [7, 11) is 0. The lowest BCUT2D eigenvalue weighted by Gasteiger charge is -2.40. The lowest BCUT2D eigenvalue weighted by atomic mass is 9.71. The van der Waals surface area contributed by atoms with Crippen LogP contribution in [0.5, 0.6) is 0 Å². The first-order chi connectivity index (χ1) is 8.94. The van der Waals surface area contributed by atoms with Gasteiger partial charge in [-0.2, -0.15) is 0 Å². The molecule has 1 aliphatic heterocycles. The molecule has 1 saturated heterocycles. The summed E-state index contributed by atoms with van der Waals surface area (Å²) in [6, 6.07) is 8.04. The Hall–Kier alpha value is -0.990. The fourth-order valence-electron chi connectivity index (χ4n) is 3.20. The smallest absolute Gasteiger partial charge is 0.152 e. The SMILES string of the molecule is CC(C)(C)C1(c2cc3cccc(Cl)c3o2)CCCN1. The van der Waals surface area contributed by atoms with E-state index in [1.54, 1.807) is 0 Å². The molecule has 1 aliphatic rings. The molecule has 3 heteroatoms. The number of fused-ring (bicyclic) bond motifs is 1. The molecule has 1 atom stereocenters. The van der Waals surface area contributed by atoms with Crippen molar-refractivity contribution < 1.29 is 4.42 Å². The minimum absolute atomic E-state index is 0.0879. The van der Waals surface area contributed by atoms with Gasteiger partial charge in [0.2, 0.25) is 0 Å². The molecule has 1 unspecified atom stereocenters. The van der Waals surface area contributed by atoms with Crippen LogP contribution < -0.4 is 5.32 Å². The highest BCUT2D eigenvalue weighted by atomic mass is 35.5. The van der Waals surface area contributed by atoms with Crippen molar-refractivity contribution in [3.63, 3.8) is 0 Å². The van der Waals surface area contributed by atoms with Crippen molar-refractivity contribution in [1.82, 2.24) is 5.32 Å². The Kier molecular flexibility index (Phi) is 2.91. The van der Waals surface area contributed by atoms with E-state index in [2.05, 4.69) is 38.2 Å². The number of halogens is 1. The van der Waals surface area contributed by atoms with Gasteiger partial charge in [0.1, 0.15) is 5.76 Å². The molecule has 3 rings (SSSR count). The molecule has 1 fully saturated rings. The average Bonchev–Trinajstić information content (AvgIpc) is 2.95. The number of hydrogen-bond acceptors (Lipinski definition) is 2. The predicted molar refractivity (Wildman–Crippen MR) is 79.6 cm³/mol. The molecule has 0 aliphatic carbocycles. The summed E-state index contributed by atoms with van der Waals surface area (Å²) < 4.78 is 6.12. The van der Waals surface area contributed by atoms with Crippen molar-refractivity contribution in [3.8, 4) is 0 Å². The topological polar surface area (TPSA) is 25.2 Å². The Balaban J connectivity index is 2.19. The maximum Gasteiger partial charge on any atom is 0.152 e. The van der Waals surface area contributed by atoms with Gasteiger partial charge in [0.25, 0.3) is 0 Å². The van der Waals surface area contributed by atoms with Gasteiger partial charge in [0.05, 0.1) is 10.6 Å². The minimum Gasteiger partial charge on any atom is -0.458 e. The molecule has 2 aromatic rings. The Morgan fingerprint density at radius 3 is 2.68 bits per heavy atom. The number of furan rings is 1. The number of hydrogen-bond donors (Lipinski definition) is 1. The number of nitrogens with one attached hydrogen (secondary N) is 1. The molecular formula is C16H20ClNO. The summed E-state index contributed by atoms with van der Waals surface area (Å²) in [5.74, 6) is 1.01. The Morgan fingerprint density at radius 2 is 2.11 bits per heavy atom. The van der Waals surface area contributed by atoms with E-state index in [0.717, 1.165) is 29.7 Å². The van der Waals surface area contributed by atoms with E-state index in [9.17, 15) is 0 Å². The van der Waals surface area contributed by atoms with E-state index in [0.29, 0.717) is 5.02 Å². The van der Waals surface area contributed by atoms with Crippen molar-refractivity contribution in [3.05, 3.63) is 35.0 Å². The van der Waals surface area contributed by atoms with Gasteiger partial charge in [-0.3, -0.25) is 0 Å². The van der Waals surface area contributed by atoms with Crippen LogP contribution >= 0.6 is 11.6 Å². The standard InChI is InChI=1S/C16H20ClNO/c1-15(2,3)16(8-5-9-18-16)13-10-11-6-4-7-12(17)14(11)19-13/h4,6-7,10,18H,5,8-9H2,1-3H3. The molecule has 0 radical (unpaired) electrons. The van der Waals surface area contributed by atoms with Crippen LogP contribution in [0.1, 0.15) is 39.4 Å². The van der Waals surface area contributed by atoms with Crippen LogP contribution in [0.3, 0.4) is 0 Å². The van der Waals surface area contributed by atoms with Crippen molar-refractivity contribution in [2.45, 2.75) is 39.2 Å². The van der Waals surface area contributed by atoms with Gasteiger partial charge in [-0.15, -0.1) is 0 Å². The third kappa shape index (κ3) is 1.89. The molecule has 102 valence electrons. The van der Waals surface area contributed by atoms with E-state index in [1.807, 2.05) is 12.1 Å². The van der Waals surface area contributed by atoms with Crippen LogP contribution in [0.15, 0.2) is 28.7 Å². The number of para-hydroxylation sites is 1. The summed E-state index contributed by atoms with van der Waals surface area (Å²) in [5.41, 5.74) is 0.815. The van der Waals surface area contributed by atoms with E-state index >= 15 is 0 Å². The maximum absolute atomic E-state index is 6.22. The van der Waals surface area contributed by atoms with E-state index in [4.69, 9.17) is 16.0 Å². The van der Waals surface area contributed by atoms with E-state index in [-0.39, 0.29) is 11.0 Å². The third-order valence-electron chi connectivity index (χ3n) is 4.35. The third-order valence-corrected chi connectivity index (χ3v) is 4.65. The van der Waals surface area contributed by atoms with Gasteiger partial charge in [-0.1, -0.05) is 44.5 Å². The molecule has 1 aromatic carbocycles. The normalized spacial score (nSPS) is 24.2. The summed E-state index contributed by atoms with van der Waals surface area (Å²) in [6.07, 6.45) is 2.29. The van der Waals surface area contributed by atoms with Crippen molar-refractivity contribution in [2.24, 2.45) is 5.41 Å². The number of rotatable bonds is 1. The van der Waals surface area contributed by atoms with Crippen LogP contribution in [-0.2, 0) is 5.54 Å². The fourth-order valence-corrected chi connectivity index (χ4v) is 3.42. The molecule has 0 saturated carbocycles. The van der Waals surface area contributed by atoms with E-state index < -0.39 is 0 Å². The summed E-state index contributed by atoms with van der Waals surface area (Å²) in [5, 5.41) is 5.44. The van der Waals surface area contributed by atoms with Gasteiger partial charge >= 0.3 is 0 Å². The van der Waals surface area contributed by atoms with Gasteiger partial charge in [-0.25, -0.2) is 0 Å². The van der Waals surface area contributed by atoms with Gasteiger partial charge in [0.15, 0.2) is 5.58 Å². The number of benzene rings is 1. The Labute approximate surface area is 119 Å². The highest BCUT2D eigenvalue weighted by Gasteiger charge is 2.47. The monoisotopic (exact) mass is 277 g/mol. The highest BCUT2D eigenvalue weighted by Crippen LogP contribution is 2.47. The molecular weight excluding hydrogens is 258 g/mol. The zero-order valence-electron chi connectivity index (χ0n) is 11.7. The maximum atomic E-state index is 6.22. The van der Waals surface area contributed by atoms with Crippen molar-refractivity contribution >= 4 is 22.6 Å². The molecule has 2 heterocycles. The van der Waals surface area contributed by atoms with Gasteiger partial charge < -0.3 is 9.73 Å². The molecule has 0 spiro atoms. The molecule has 1 N–H and O–H groups in total. The van der Waals surface area contributed by atoms with Crippen molar-refractivity contribution in [1.29, 1.82) is 0 Å². The van der Waals surface area contributed by atoms with Crippen LogP contribution in [0.25, 0.3) is 11.0 Å². The average molecular weight is 278 g/mol. The zero-order chi connectivity index (χ0) is 13.7. The van der Waals surface area contributed by atoms with Crippen LogP contribution in [0, 0.1) is 5.41 Å². The van der Waals surface area contributed by atoms with Gasteiger partial charge in [0, 0.05) is 5.39 Å². The Bertz CT molecular complexity index is 603. The second-order valence-electron chi connectivity index (χ2n) is 6.45. The molecule has 0 bridgehead atoms. The first kappa shape index (κ1) is 13.0. The van der Waals surface area contributed by atoms with Crippen LogP contribution in [0.2, 0.25) is 5.02 Å². The second-order valence-corrected chi connectivity index (χ2v) is 6.86.